The fourth-order valence-electron chi connectivity index (χ4n) is 3.17. The second-order valence-corrected chi connectivity index (χ2v) is 6.27. The molecule has 0 saturated heterocycles. The van der Waals surface area contributed by atoms with Crippen LogP contribution in [0, 0.1) is 6.92 Å². The quantitative estimate of drug-likeness (QED) is 0.608. The van der Waals surface area contributed by atoms with Crippen molar-refractivity contribution in [3.8, 4) is 5.75 Å². The van der Waals surface area contributed by atoms with Crippen LogP contribution in [0.15, 0.2) is 72.8 Å². The summed E-state index contributed by atoms with van der Waals surface area (Å²) in [5.74, 6) is 0.277. The summed E-state index contributed by atoms with van der Waals surface area (Å²) in [5.41, 5.74) is 4.90. The average molecular weight is 329 g/mol. The molecule has 4 rings (SSSR count). The minimum Gasteiger partial charge on any atom is -0.508 e. The molecule has 1 atom stereocenters. The summed E-state index contributed by atoms with van der Waals surface area (Å²) in [6, 6.07) is 23.7. The first kappa shape index (κ1) is 15.4. The summed E-state index contributed by atoms with van der Waals surface area (Å²) in [6.07, 6.45) is 0. The number of phenols is 1. The Hall–Kier alpha value is -3.14. The van der Waals surface area contributed by atoms with Crippen molar-refractivity contribution in [2.24, 2.45) is 0 Å². The van der Waals surface area contributed by atoms with Gasteiger partial charge in [0.2, 0.25) is 0 Å². The van der Waals surface area contributed by atoms with Gasteiger partial charge in [-0.25, -0.2) is 0 Å². The molecule has 0 aliphatic heterocycles. The van der Waals surface area contributed by atoms with Gasteiger partial charge in [0.25, 0.3) is 0 Å². The molecule has 25 heavy (non-hydrogen) atoms. The first-order chi connectivity index (χ1) is 12.2. The van der Waals surface area contributed by atoms with Crippen molar-refractivity contribution in [2.75, 3.05) is 0 Å². The summed E-state index contributed by atoms with van der Waals surface area (Å²) in [5, 5.41) is 19.6. The van der Waals surface area contributed by atoms with Crippen molar-refractivity contribution >= 4 is 11.0 Å². The second kappa shape index (κ2) is 6.40. The van der Waals surface area contributed by atoms with E-state index in [0.717, 1.165) is 27.7 Å². The zero-order valence-corrected chi connectivity index (χ0v) is 14.0. The molecule has 0 fully saturated rings. The average Bonchev–Trinajstić information content (AvgIpc) is 3.05. The lowest BCUT2D eigenvalue weighted by Gasteiger charge is -2.19. The van der Waals surface area contributed by atoms with Crippen molar-refractivity contribution in [1.82, 2.24) is 15.0 Å². The van der Waals surface area contributed by atoms with Gasteiger partial charge in [-0.2, -0.15) is 15.0 Å². The molecule has 3 aromatic carbocycles. The summed E-state index contributed by atoms with van der Waals surface area (Å²) >= 11 is 0. The number of aromatic hydroxyl groups is 1. The molecule has 1 unspecified atom stereocenters. The molecule has 1 aromatic heterocycles. The molecule has 0 radical (unpaired) electrons. The Morgan fingerprint density at radius 3 is 2.20 bits per heavy atom. The molecule has 124 valence electrons. The van der Waals surface area contributed by atoms with Crippen molar-refractivity contribution < 1.29 is 5.11 Å². The van der Waals surface area contributed by atoms with Crippen molar-refractivity contribution in [2.45, 2.75) is 19.4 Å². The van der Waals surface area contributed by atoms with Crippen LogP contribution in [0.5, 0.6) is 5.75 Å². The van der Waals surface area contributed by atoms with Gasteiger partial charge in [0, 0.05) is 11.5 Å². The summed E-state index contributed by atoms with van der Waals surface area (Å²) in [4.78, 5) is 1.73. The van der Waals surface area contributed by atoms with Gasteiger partial charge in [0.1, 0.15) is 16.8 Å². The molecule has 4 aromatic rings. The highest BCUT2D eigenvalue weighted by Crippen LogP contribution is 2.33. The summed E-state index contributed by atoms with van der Waals surface area (Å²) in [6.45, 7) is 2.60. The molecule has 0 spiro atoms. The van der Waals surface area contributed by atoms with Gasteiger partial charge in [0.15, 0.2) is 0 Å². The fraction of sp³-hybridized carbons (Fsp3) is 0.143. The molecule has 4 nitrogen and oxygen atoms in total. The third kappa shape index (κ3) is 3.11. The van der Waals surface area contributed by atoms with Crippen LogP contribution in [0.3, 0.4) is 0 Å². The minimum atomic E-state index is -0.0251. The highest BCUT2D eigenvalue weighted by Gasteiger charge is 2.20. The number of hydrogen-bond acceptors (Lipinski definition) is 3. The molecule has 1 heterocycles. The number of aromatic nitrogens is 3. The Morgan fingerprint density at radius 2 is 1.52 bits per heavy atom. The molecule has 0 amide bonds. The minimum absolute atomic E-state index is 0.0251. The topological polar surface area (TPSA) is 50.9 Å². The van der Waals surface area contributed by atoms with Gasteiger partial charge in [-0.05, 0) is 30.7 Å². The van der Waals surface area contributed by atoms with Gasteiger partial charge in [-0.1, -0.05) is 60.2 Å². The van der Waals surface area contributed by atoms with E-state index < -0.39 is 0 Å². The number of fused-ring (bicyclic) bond motifs is 1. The van der Waals surface area contributed by atoms with Crippen molar-refractivity contribution in [3.05, 3.63) is 89.5 Å². The van der Waals surface area contributed by atoms with Gasteiger partial charge in [-0.15, -0.1) is 0 Å². The predicted molar refractivity (Wildman–Crippen MR) is 98.7 cm³/mol. The highest BCUT2D eigenvalue weighted by atomic mass is 16.3. The van der Waals surface area contributed by atoms with Gasteiger partial charge in [-0.3, -0.25) is 0 Å². The largest absolute Gasteiger partial charge is 0.508 e. The van der Waals surface area contributed by atoms with Crippen molar-refractivity contribution in [1.29, 1.82) is 0 Å². The molecule has 0 saturated carbocycles. The third-order valence-electron chi connectivity index (χ3n) is 4.43. The maximum atomic E-state index is 10.4. The Bertz CT molecular complexity index is 975. The zero-order valence-electron chi connectivity index (χ0n) is 14.0. The van der Waals surface area contributed by atoms with E-state index >= 15 is 0 Å². The van der Waals surface area contributed by atoms with E-state index in [1.807, 2.05) is 61.5 Å². The molecular weight excluding hydrogens is 310 g/mol. The molecule has 1 N–H and O–H groups in total. The molecule has 0 bridgehead atoms. The Morgan fingerprint density at radius 1 is 0.880 bits per heavy atom. The second-order valence-electron chi connectivity index (χ2n) is 6.27. The SMILES string of the molecule is Cc1ccc(O)c(C(Cn2nc3ccccc3n2)c2ccccc2)c1. The predicted octanol–water partition coefficient (Wildman–Crippen LogP) is 4.28. The van der Waals surface area contributed by atoms with Crippen LogP contribution in [-0.4, -0.2) is 20.1 Å². The van der Waals surface area contributed by atoms with Crippen LogP contribution >= 0.6 is 0 Å². The fourth-order valence-corrected chi connectivity index (χ4v) is 3.17. The zero-order chi connectivity index (χ0) is 17.2. The van der Waals surface area contributed by atoms with E-state index in [2.05, 4.69) is 22.3 Å². The summed E-state index contributed by atoms with van der Waals surface area (Å²) in [7, 11) is 0. The van der Waals surface area contributed by atoms with E-state index in [0.29, 0.717) is 12.3 Å². The third-order valence-corrected chi connectivity index (χ3v) is 4.43. The molecule has 0 aliphatic carbocycles. The van der Waals surface area contributed by atoms with Crippen LogP contribution in [0.4, 0.5) is 0 Å². The highest BCUT2D eigenvalue weighted by molar-refractivity contribution is 5.72. The van der Waals surface area contributed by atoms with E-state index in [9.17, 15) is 5.11 Å². The van der Waals surface area contributed by atoms with Crippen LogP contribution in [0.2, 0.25) is 0 Å². The van der Waals surface area contributed by atoms with E-state index in [-0.39, 0.29) is 5.92 Å². The van der Waals surface area contributed by atoms with E-state index in [1.54, 1.807) is 10.9 Å². The number of rotatable bonds is 4. The Kier molecular flexibility index (Phi) is 3.94. The molecule has 4 heteroatoms. The molecule has 0 aliphatic rings. The normalized spacial score (nSPS) is 12.4. The van der Waals surface area contributed by atoms with Gasteiger partial charge in [0.05, 0.1) is 6.54 Å². The van der Waals surface area contributed by atoms with E-state index in [1.165, 1.54) is 0 Å². The number of aryl methyl sites for hydroxylation is 1. The standard InChI is InChI=1S/C21H19N3O/c1-15-11-12-21(25)17(13-15)18(16-7-3-2-4-8-16)14-24-22-19-9-5-6-10-20(19)23-24/h2-13,18,25H,14H2,1H3. The number of phenolic OH excluding ortho intramolecular Hbond substituents is 1. The first-order valence-electron chi connectivity index (χ1n) is 8.35. The lowest BCUT2D eigenvalue weighted by Crippen LogP contribution is -2.13. The lowest BCUT2D eigenvalue weighted by atomic mass is 9.90. The Labute approximate surface area is 146 Å². The van der Waals surface area contributed by atoms with Crippen LogP contribution < -0.4 is 0 Å². The smallest absolute Gasteiger partial charge is 0.119 e. The van der Waals surface area contributed by atoms with Crippen LogP contribution in [0.1, 0.15) is 22.6 Å². The summed E-state index contributed by atoms with van der Waals surface area (Å²) < 4.78 is 0. The number of hydrogen-bond donors (Lipinski definition) is 1. The van der Waals surface area contributed by atoms with Crippen LogP contribution in [0.25, 0.3) is 11.0 Å². The lowest BCUT2D eigenvalue weighted by molar-refractivity contribution is 0.448. The monoisotopic (exact) mass is 329 g/mol. The van der Waals surface area contributed by atoms with Gasteiger partial charge < -0.3 is 5.11 Å². The van der Waals surface area contributed by atoms with Crippen molar-refractivity contribution in [3.63, 3.8) is 0 Å². The van der Waals surface area contributed by atoms with Gasteiger partial charge >= 0.3 is 0 Å². The molecular formula is C21H19N3O. The van der Waals surface area contributed by atoms with E-state index in [4.69, 9.17) is 0 Å². The maximum Gasteiger partial charge on any atom is 0.119 e. The number of nitrogens with zero attached hydrogens (tertiary/aromatic N) is 3. The Balaban J connectivity index is 1.79. The first-order valence-corrected chi connectivity index (χ1v) is 8.35. The van der Waals surface area contributed by atoms with Crippen LogP contribution in [-0.2, 0) is 6.54 Å². The number of benzene rings is 3. The maximum absolute atomic E-state index is 10.4.